The third-order valence-electron chi connectivity index (χ3n) is 4.47. The second-order valence-electron chi connectivity index (χ2n) is 6.85. The number of benzene rings is 1. The molecule has 0 saturated heterocycles. The first-order valence-electron chi connectivity index (χ1n) is 10.7. The Morgan fingerprint density at radius 1 is 0.889 bits per heavy atom. The number of unbranched alkanes of at least 4 members (excludes halogenated alkanes) is 2. The van der Waals surface area contributed by atoms with E-state index in [4.69, 9.17) is 21.1 Å². The van der Waals surface area contributed by atoms with Crippen LogP contribution < -0.4 is 14.8 Å². The van der Waals surface area contributed by atoms with Crippen LogP contribution in [0.15, 0.2) is 12.1 Å². The lowest BCUT2D eigenvalue weighted by molar-refractivity contribution is 0.261. The Morgan fingerprint density at radius 3 is 2.11 bits per heavy atom. The molecule has 1 aromatic rings. The van der Waals surface area contributed by atoms with Crippen LogP contribution in [0.4, 0.5) is 0 Å². The van der Waals surface area contributed by atoms with Crippen LogP contribution in [-0.4, -0.2) is 44.3 Å². The summed E-state index contributed by atoms with van der Waals surface area (Å²) in [6, 6.07) is 4.00. The first-order valence-corrected chi connectivity index (χ1v) is 11.0. The molecule has 0 aliphatic heterocycles. The number of nitrogens with zero attached hydrogens (tertiary/aromatic N) is 1. The van der Waals surface area contributed by atoms with Gasteiger partial charge in [0.15, 0.2) is 11.5 Å². The Morgan fingerprint density at radius 2 is 1.52 bits per heavy atom. The highest BCUT2D eigenvalue weighted by Crippen LogP contribution is 2.36. The van der Waals surface area contributed by atoms with Crippen LogP contribution in [0.3, 0.4) is 0 Å². The lowest BCUT2D eigenvalue weighted by Gasteiger charge is -2.22. The molecule has 0 radical (unpaired) electrons. The minimum Gasteiger partial charge on any atom is -0.490 e. The van der Waals surface area contributed by atoms with Crippen molar-refractivity contribution in [2.75, 3.05) is 39.4 Å². The molecule has 0 aromatic heterocycles. The second kappa shape index (κ2) is 15.0. The minimum atomic E-state index is 0.573. The Bertz CT molecular complexity index is 503. The molecule has 27 heavy (non-hydrogen) atoms. The summed E-state index contributed by atoms with van der Waals surface area (Å²) >= 11 is 6.39. The van der Waals surface area contributed by atoms with Crippen LogP contribution in [-0.2, 0) is 6.54 Å². The lowest BCUT2D eigenvalue weighted by Crippen LogP contribution is -2.29. The fourth-order valence-electron chi connectivity index (χ4n) is 3.03. The Balaban J connectivity index is 2.46. The highest BCUT2D eigenvalue weighted by Gasteiger charge is 2.12. The molecule has 156 valence electrons. The summed E-state index contributed by atoms with van der Waals surface area (Å²) in [5.74, 6) is 1.38. The van der Waals surface area contributed by atoms with Gasteiger partial charge in [0.05, 0.1) is 18.2 Å². The fourth-order valence-corrected chi connectivity index (χ4v) is 3.32. The van der Waals surface area contributed by atoms with Crippen molar-refractivity contribution in [3.8, 4) is 11.5 Å². The quantitative estimate of drug-likeness (QED) is 0.372. The molecule has 0 spiro atoms. The van der Waals surface area contributed by atoms with Gasteiger partial charge in [0.1, 0.15) is 0 Å². The Hall–Kier alpha value is -0.970. The van der Waals surface area contributed by atoms with E-state index in [-0.39, 0.29) is 0 Å². The molecule has 0 fully saturated rings. The predicted molar refractivity (Wildman–Crippen MR) is 116 cm³/mol. The minimum absolute atomic E-state index is 0.573. The first-order chi connectivity index (χ1) is 13.2. The molecule has 0 heterocycles. The third-order valence-corrected chi connectivity index (χ3v) is 4.75. The number of ether oxygens (including phenoxy) is 2. The molecule has 5 heteroatoms. The van der Waals surface area contributed by atoms with E-state index < -0.39 is 0 Å². The van der Waals surface area contributed by atoms with Crippen LogP contribution in [0.1, 0.15) is 65.4 Å². The summed E-state index contributed by atoms with van der Waals surface area (Å²) in [7, 11) is 0. The molecule has 0 bridgehead atoms. The largest absolute Gasteiger partial charge is 0.490 e. The molecule has 0 aliphatic carbocycles. The number of halogens is 1. The molecular formula is C22H39ClN2O2. The molecule has 0 saturated carbocycles. The van der Waals surface area contributed by atoms with Crippen LogP contribution in [0.2, 0.25) is 5.02 Å². The van der Waals surface area contributed by atoms with Gasteiger partial charge in [0, 0.05) is 6.54 Å². The van der Waals surface area contributed by atoms with Gasteiger partial charge in [-0.1, -0.05) is 38.3 Å². The van der Waals surface area contributed by atoms with Crippen LogP contribution in [0, 0.1) is 0 Å². The van der Waals surface area contributed by atoms with Gasteiger partial charge >= 0.3 is 0 Å². The van der Waals surface area contributed by atoms with Crippen molar-refractivity contribution in [1.82, 2.24) is 10.2 Å². The van der Waals surface area contributed by atoms with E-state index in [0.29, 0.717) is 24.0 Å². The topological polar surface area (TPSA) is 33.7 Å². The zero-order chi connectivity index (χ0) is 19.9. The average Bonchev–Trinajstić information content (AvgIpc) is 2.66. The van der Waals surface area contributed by atoms with Crippen molar-refractivity contribution in [3.63, 3.8) is 0 Å². The molecule has 1 rings (SSSR count). The summed E-state index contributed by atoms with van der Waals surface area (Å²) < 4.78 is 11.3. The van der Waals surface area contributed by atoms with E-state index >= 15 is 0 Å². The van der Waals surface area contributed by atoms with Gasteiger partial charge in [-0.15, -0.1) is 0 Å². The third kappa shape index (κ3) is 9.68. The SMILES string of the molecule is CCCCN(CCCC)CCCNCc1cc(Cl)c(OCC)c(OCC)c1. The zero-order valence-corrected chi connectivity index (χ0v) is 18.5. The molecule has 0 atom stereocenters. The number of hydrogen-bond acceptors (Lipinski definition) is 4. The van der Waals surface area contributed by atoms with Crippen molar-refractivity contribution in [3.05, 3.63) is 22.7 Å². The Kier molecular flexibility index (Phi) is 13.4. The van der Waals surface area contributed by atoms with E-state index in [1.807, 2.05) is 26.0 Å². The number of hydrogen-bond donors (Lipinski definition) is 1. The van der Waals surface area contributed by atoms with E-state index in [0.717, 1.165) is 30.8 Å². The average molecular weight is 399 g/mol. The maximum Gasteiger partial charge on any atom is 0.179 e. The van der Waals surface area contributed by atoms with Gasteiger partial charge in [-0.2, -0.15) is 0 Å². The summed E-state index contributed by atoms with van der Waals surface area (Å²) in [6.45, 7) is 15.0. The van der Waals surface area contributed by atoms with Crippen LogP contribution >= 0.6 is 11.6 Å². The van der Waals surface area contributed by atoms with E-state index in [9.17, 15) is 0 Å². The standard InChI is InChI=1S/C22H39ClN2O2/c1-5-9-13-25(14-10-6-2)15-11-12-24-18-19-16-20(23)22(27-8-4)21(17-19)26-7-3/h16-17,24H,5-15,18H2,1-4H3. The molecule has 1 N–H and O–H groups in total. The Labute approximate surface area is 171 Å². The maximum absolute atomic E-state index is 6.39. The monoisotopic (exact) mass is 398 g/mol. The highest BCUT2D eigenvalue weighted by molar-refractivity contribution is 6.32. The van der Waals surface area contributed by atoms with Gasteiger partial charge < -0.3 is 19.7 Å². The summed E-state index contributed by atoms with van der Waals surface area (Å²) in [5, 5.41) is 4.15. The smallest absolute Gasteiger partial charge is 0.179 e. The van der Waals surface area contributed by atoms with Crippen molar-refractivity contribution < 1.29 is 9.47 Å². The number of rotatable bonds is 16. The van der Waals surface area contributed by atoms with Crippen LogP contribution in [0.25, 0.3) is 0 Å². The van der Waals surface area contributed by atoms with Gasteiger partial charge in [0.25, 0.3) is 0 Å². The molecule has 1 aromatic carbocycles. The van der Waals surface area contributed by atoms with E-state index in [2.05, 4.69) is 24.1 Å². The van der Waals surface area contributed by atoms with Gasteiger partial charge in [0.2, 0.25) is 0 Å². The first kappa shape index (κ1) is 24.1. The predicted octanol–water partition coefficient (Wildman–Crippen LogP) is 5.52. The molecule has 0 unspecified atom stereocenters. The second-order valence-corrected chi connectivity index (χ2v) is 7.26. The normalized spacial score (nSPS) is 11.2. The molecular weight excluding hydrogens is 360 g/mol. The molecule has 4 nitrogen and oxygen atoms in total. The van der Waals surface area contributed by atoms with E-state index in [1.165, 1.54) is 45.3 Å². The van der Waals surface area contributed by atoms with Gasteiger partial charge in [-0.05, 0) is 77.0 Å². The maximum atomic E-state index is 6.39. The van der Waals surface area contributed by atoms with Gasteiger partial charge in [-0.25, -0.2) is 0 Å². The van der Waals surface area contributed by atoms with Crippen LogP contribution in [0.5, 0.6) is 11.5 Å². The highest BCUT2D eigenvalue weighted by atomic mass is 35.5. The number of nitrogens with one attached hydrogen (secondary N) is 1. The lowest BCUT2D eigenvalue weighted by atomic mass is 10.2. The van der Waals surface area contributed by atoms with E-state index in [1.54, 1.807) is 0 Å². The fraction of sp³-hybridized carbons (Fsp3) is 0.727. The zero-order valence-electron chi connectivity index (χ0n) is 17.8. The summed E-state index contributed by atoms with van der Waals surface area (Å²) in [5.41, 5.74) is 1.13. The van der Waals surface area contributed by atoms with Crippen molar-refractivity contribution in [1.29, 1.82) is 0 Å². The van der Waals surface area contributed by atoms with Crippen molar-refractivity contribution >= 4 is 11.6 Å². The summed E-state index contributed by atoms with van der Waals surface area (Å²) in [6.07, 6.45) is 6.28. The molecule has 0 amide bonds. The van der Waals surface area contributed by atoms with Gasteiger partial charge in [-0.3, -0.25) is 0 Å². The summed E-state index contributed by atoms with van der Waals surface area (Å²) in [4.78, 5) is 2.61. The van der Waals surface area contributed by atoms with Crippen molar-refractivity contribution in [2.45, 2.75) is 66.3 Å². The molecule has 0 aliphatic rings. The van der Waals surface area contributed by atoms with Crippen molar-refractivity contribution in [2.24, 2.45) is 0 Å².